The monoisotopic (exact) mass is 578 g/mol. The number of aromatic nitrogens is 2. The molecule has 230 valence electrons. The summed E-state index contributed by atoms with van der Waals surface area (Å²) in [6, 6.07) is 5.97. The maximum atomic E-state index is 13.0. The molecule has 0 amide bonds. The number of rotatable bonds is 17. The molecule has 2 aromatic rings. The van der Waals surface area contributed by atoms with E-state index in [1.54, 1.807) is 4.57 Å². The lowest BCUT2D eigenvalue weighted by Crippen LogP contribution is -2.49. The van der Waals surface area contributed by atoms with Gasteiger partial charge in [-0.1, -0.05) is 82.9 Å². The van der Waals surface area contributed by atoms with Crippen molar-refractivity contribution in [2.24, 2.45) is 0 Å². The predicted octanol–water partition coefficient (Wildman–Crippen LogP) is 6.48. The maximum absolute atomic E-state index is 13.0. The Bertz CT molecular complexity index is 1140. The summed E-state index contributed by atoms with van der Waals surface area (Å²) in [4.78, 5) is 22.1. The van der Waals surface area contributed by atoms with Crippen molar-refractivity contribution in [3.63, 3.8) is 0 Å². The number of unbranched alkanes of at least 4 members (excludes halogenated alkanes) is 9. The van der Waals surface area contributed by atoms with Gasteiger partial charge in [0.1, 0.15) is 11.9 Å². The van der Waals surface area contributed by atoms with Gasteiger partial charge in [0.2, 0.25) is 0 Å². The number of esters is 1. The third-order valence-corrected chi connectivity index (χ3v) is 9.33. The fourth-order valence-corrected chi connectivity index (χ4v) is 6.99. The second-order valence-electron chi connectivity index (χ2n) is 12.4. The Balaban J connectivity index is 1.13. The minimum absolute atomic E-state index is 0.120. The van der Waals surface area contributed by atoms with Crippen molar-refractivity contribution in [1.82, 2.24) is 14.5 Å². The van der Waals surface area contributed by atoms with E-state index < -0.39 is 6.10 Å². The smallest absolute Gasteiger partial charge is 0.306 e. The van der Waals surface area contributed by atoms with Crippen molar-refractivity contribution in [3.05, 3.63) is 47.7 Å². The number of aromatic hydroxyl groups is 2. The van der Waals surface area contributed by atoms with Gasteiger partial charge in [-0.2, -0.15) is 0 Å². The van der Waals surface area contributed by atoms with Gasteiger partial charge in [-0.15, -0.1) is 0 Å². The summed E-state index contributed by atoms with van der Waals surface area (Å²) in [6.07, 6.45) is 19.2. The van der Waals surface area contributed by atoms with Crippen LogP contribution in [-0.4, -0.2) is 69.5 Å². The first kappa shape index (κ1) is 30.5. The molecule has 8 heteroatoms. The number of allylic oxidation sites excluding steroid dienone is 2. The number of hydrogen-bond donors (Lipinski definition) is 2. The Labute approximate surface area is 251 Å². The highest BCUT2D eigenvalue weighted by Crippen LogP contribution is 2.56. The van der Waals surface area contributed by atoms with Gasteiger partial charge in [0.15, 0.2) is 11.8 Å². The number of anilines is 1. The van der Waals surface area contributed by atoms with Gasteiger partial charge in [0, 0.05) is 68.3 Å². The van der Waals surface area contributed by atoms with Crippen molar-refractivity contribution in [3.8, 4) is 11.8 Å². The van der Waals surface area contributed by atoms with Gasteiger partial charge in [-0.3, -0.25) is 14.3 Å². The summed E-state index contributed by atoms with van der Waals surface area (Å²) in [5, 5.41) is 22.2. The average molecular weight is 579 g/mol. The van der Waals surface area contributed by atoms with Crippen LogP contribution in [0.2, 0.25) is 0 Å². The molecule has 0 aromatic carbocycles. The van der Waals surface area contributed by atoms with Crippen LogP contribution in [-0.2, 0) is 16.1 Å². The number of hydrogen-bond acceptors (Lipinski definition) is 7. The molecule has 3 heterocycles. The SMILES string of the molecule is CCCCCCCCCCCCC(=O)OC(CN1CCN(c2ccccn2)CC1)Cn1c(O)c2c(c1O)C1C=CC2C1. The molecular formula is C34H50N4O4. The summed E-state index contributed by atoms with van der Waals surface area (Å²) in [6.45, 7) is 6.41. The lowest BCUT2D eigenvalue weighted by Gasteiger charge is -2.37. The number of piperazine rings is 1. The molecule has 1 fully saturated rings. The first-order valence-corrected chi connectivity index (χ1v) is 16.5. The molecular weight excluding hydrogens is 528 g/mol. The minimum Gasteiger partial charge on any atom is -0.494 e. The Morgan fingerprint density at radius 2 is 1.50 bits per heavy atom. The van der Waals surface area contributed by atoms with Crippen LogP contribution in [0.4, 0.5) is 5.82 Å². The molecule has 8 nitrogen and oxygen atoms in total. The van der Waals surface area contributed by atoms with E-state index in [0.29, 0.717) is 13.0 Å². The van der Waals surface area contributed by atoms with Crippen molar-refractivity contribution in [1.29, 1.82) is 0 Å². The summed E-state index contributed by atoms with van der Waals surface area (Å²) >= 11 is 0. The summed E-state index contributed by atoms with van der Waals surface area (Å²) in [5.41, 5.74) is 1.69. The average Bonchev–Trinajstić information content (AvgIpc) is 3.69. The lowest BCUT2D eigenvalue weighted by atomic mass is 10.0. The molecule has 42 heavy (non-hydrogen) atoms. The van der Waals surface area contributed by atoms with Crippen LogP contribution in [0.1, 0.15) is 107 Å². The quantitative estimate of drug-likeness (QED) is 0.126. The van der Waals surface area contributed by atoms with E-state index in [4.69, 9.17) is 4.74 Å². The van der Waals surface area contributed by atoms with Crippen LogP contribution < -0.4 is 4.90 Å². The number of nitrogens with zero attached hydrogens (tertiary/aromatic N) is 4. The van der Waals surface area contributed by atoms with E-state index in [1.807, 2.05) is 24.4 Å². The van der Waals surface area contributed by atoms with Gasteiger partial charge in [0.05, 0.1) is 6.54 Å². The molecule has 2 aliphatic carbocycles. The summed E-state index contributed by atoms with van der Waals surface area (Å²) < 4.78 is 7.64. The topological polar surface area (TPSA) is 91.1 Å². The lowest BCUT2D eigenvalue weighted by molar-refractivity contribution is -0.151. The molecule has 0 saturated carbocycles. The number of carbonyl (C=O) groups is 1. The summed E-state index contributed by atoms with van der Waals surface area (Å²) in [5.74, 6) is 1.36. The first-order chi connectivity index (χ1) is 20.5. The minimum atomic E-state index is -0.461. The van der Waals surface area contributed by atoms with Gasteiger partial charge < -0.3 is 19.8 Å². The zero-order valence-electron chi connectivity index (χ0n) is 25.4. The van der Waals surface area contributed by atoms with Crippen LogP contribution in [0.3, 0.4) is 0 Å². The van der Waals surface area contributed by atoms with Crippen molar-refractivity contribution in [2.75, 3.05) is 37.6 Å². The van der Waals surface area contributed by atoms with Crippen LogP contribution in [0.5, 0.6) is 11.8 Å². The number of pyridine rings is 1. The van der Waals surface area contributed by atoms with Crippen LogP contribution >= 0.6 is 0 Å². The Kier molecular flexibility index (Phi) is 10.8. The molecule has 2 aromatic heterocycles. The molecule has 3 unspecified atom stereocenters. The maximum Gasteiger partial charge on any atom is 0.306 e. The zero-order valence-corrected chi connectivity index (χ0v) is 25.4. The third kappa shape index (κ3) is 7.49. The van der Waals surface area contributed by atoms with E-state index in [1.165, 1.54) is 44.9 Å². The van der Waals surface area contributed by atoms with E-state index in [0.717, 1.165) is 68.8 Å². The van der Waals surface area contributed by atoms with E-state index in [2.05, 4.69) is 33.9 Å². The van der Waals surface area contributed by atoms with E-state index in [9.17, 15) is 15.0 Å². The van der Waals surface area contributed by atoms with Crippen molar-refractivity contribution < 1.29 is 19.7 Å². The Morgan fingerprint density at radius 1 is 0.881 bits per heavy atom. The molecule has 5 rings (SSSR count). The van der Waals surface area contributed by atoms with Gasteiger partial charge >= 0.3 is 5.97 Å². The summed E-state index contributed by atoms with van der Waals surface area (Å²) in [7, 11) is 0. The predicted molar refractivity (Wildman–Crippen MR) is 166 cm³/mol. The molecule has 1 aliphatic heterocycles. The van der Waals surface area contributed by atoms with Crippen LogP contribution in [0, 0.1) is 0 Å². The largest absolute Gasteiger partial charge is 0.494 e. The van der Waals surface area contributed by atoms with Crippen LogP contribution in [0.25, 0.3) is 0 Å². The molecule has 0 radical (unpaired) electrons. The highest BCUT2D eigenvalue weighted by Gasteiger charge is 2.41. The molecule has 3 aliphatic rings. The van der Waals surface area contributed by atoms with Crippen LogP contribution in [0.15, 0.2) is 36.5 Å². The zero-order chi connectivity index (χ0) is 29.3. The molecule has 0 spiro atoms. The highest BCUT2D eigenvalue weighted by molar-refractivity contribution is 5.69. The highest BCUT2D eigenvalue weighted by atomic mass is 16.5. The Morgan fingerprint density at radius 3 is 2.10 bits per heavy atom. The first-order valence-electron chi connectivity index (χ1n) is 16.5. The fraction of sp³-hybridized carbons (Fsp3) is 0.647. The molecule has 2 N–H and O–H groups in total. The Hall–Kier alpha value is -3.00. The molecule has 3 atom stereocenters. The number of carbonyl (C=O) groups excluding carboxylic acids is 1. The third-order valence-electron chi connectivity index (χ3n) is 9.33. The van der Waals surface area contributed by atoms with Crippen molar-refractivity contribution in [2.45, 2.75) is 108 Å². The van der Waals surface area contributed by atoms with Crippen molar-refractivity contribution >= 4 is 11.8 Å². The number of fused-ring (bicyclic) bond motifs is 5. The van der Waals surface area contributed by atoms with Gasteiger partial charge in [-0.25, -0.2) is 4.98 Å². The second-order valence-corrected chi connectivity index (χ2v) is 12.4. The molecule has 1 saturated heterocycles. The van der Waals surface area contributed by atoms with Gasteiger partial charge in [-0.05, 0) is 25.0 Å². The second kappa shape index (κ2) is 14.9. The molecule has 2 bridgehead atoms. The normalized spacial score (nSPS) is 20.3. The fourth-order valence-electron chi connectivity index (χ4n) is 6.99. The standard InChI is InChI=1S/C34H50N4O4/c1-2-3-4-5-6-7-8-9-10-11-15-30(39)42-28(24-36-19-21-37(22-20-36)29-14-12-13-18-35-29)25-38-33(40)31-26-16-17-27(23-26)32(31)34(38)41/h12-14,16-18,26-28,40-41H,2-11,15,19-25H2,1H3. The van der Waals surface area contributed by atoms with Gasteiger partial charge in [0.25, 0.3) is 0 Å². The van der Waals surface area contributed by atoms with E-state index in [-0.39, 0.29) is 36.1 Å². The number of ether oxygens (including phenoxy) is 1. The van der Waals surface area contributed by atoms with E-state index >= 15 is 0 Å².